The molecular weight excluding hydrogens is 180 g/mol. The van der Waals surface area contributed by atoms with Crippen LogP contribution in [0.5, 0.6) is 0 Å². The van der Waals surface area contributed by atoms with Gasteiger partial charge in [-0.3, -0.25) is 9.78 Å². The average molecular weight is 194 g/mol. The summed E-state index contributed by atoms with van der Waals surface area (Å²) in [7, 11) is 1.36. The summed E-state index contributed by atoms with van der Waals surface area (Å²) in [5, 5.41) is 0. The van der Waals surface area contributed by atoms with Crippen molar-refractivity contribution < 1.29 is 9.53 Å². The van der Waals surface area contributed by atoms with Gasteiger partial charge in [0.25, 0.3) is 0 Å². The number of rotatable bonds is 4. The Morgan fingerprint density at radius 1 is 1.64 bits per heavy atom. The highest BCUT2D eigenvalue weighted by molar-refractivity contribution is 5.72. The van der Waals surface area contributed by atoms with Crippen LogP contribution < -0.4 is 5.73 Å². The second kappa shape index (κ2) is 5.34. The SMILES string of the molecule is COC(=O)C(CN)Cc1ccccn1. The van der Waals surface area contributed by atoms with E-state index >= 15 is 0 Å². The summed E-state index contributed by atoms with van der Waals surface area (Å²) in [6.07, 6.45) is 2.23. The number of pyridine rings is 1. The monoisotopic (exact) mass is 194 g/mol. The van der Waals surface area contributed by atoms with E-state index in [0.29, 0.717) is 6.42 Å². The molecule has 1 aromatic rings. The largest absolute Gasteiger partial charge is 0.469 e. The predicted molar refractivity (Wildman–Crippen MR) is 52.5 cm³/mol. The van der Waals surface area contributed by atoms with Crippen LogP contribution in [0.4, 0.5) is 0 Å². The lowest BCUT2D eigenvalue weighted by Crippen LogP contribution is -2.27. The Bertz CT molecular complexity index is 287. The summed E-state index contributed by atoms with van der Waals surface area (Å²) < 4.78 is 4.63. The Hall–Kier alpha value is -1.42. The number of carbonyl (C=O) groups excluding carboxylic acids is 1. The second-order valence-electron chi connectivity index (χ2n) is 2.98. The summed E-state index contributed by atoms with van der Waals surface area (Å²) in [5.74, 6) is -0.576. The maximum atomic E-state index is 11.2. The van der Waals surface area contributed by atoms with E-state index in [1.165, 1.54) is 7.11 Å². The van der Waals surface area contributed by atoms with Gasteiger partial charge in [-0.25, -0.2) is 0 Å². The molecule has 1 heterocycles. The number of nitrogens with two attached hydrogens (primary N) is 1. The van der Waals surface area contributed by atoms with Gasteiger partial charge < -0.3 is 10.5 Å². The van der Waals surface area contributed by atoms with Gasteiger partial charge >= 0.3 is 5.97 Å². The van der Waals surface area contributed by atoms with Crippen LogP contribution in [0.25, 0.3) is 0 Å². The van der Waals surface area contributed by atoms with Crippen molar-refractivity contribution in [3.63, 3.8) is 0 Å². The zero-order chi connectivity index (χ0) is 10.4. The topological polar surface area (TPSA) is 65.2 Å². The molecule has 1 atom stereocenters. The van der Waals surface area contributed by atoms with Crippen LogP contribution in [-0.4, -0.2) is 24.6 Å². The summed E-state index contributed by atoms with van der Waals surface area (Å²) in [6, 6.07) is 5.58. The number of esters is 1. The van der Waals surface area contributed by atoms with E-state index in [4.69, 9.17) is 5.73 Å². The normalized spacial score (nSPS) is 12.1. The molecule has 2 N–H and O–H groups in total. The summed E-state index contributed by atoms with van der Waals surface area (Å²) in [4.78, 5) is 15.3. The van der Waals surface area contributed by atoms with Gasteiger partial charge in [-0.2, -0.15) is 0 Å². The first-order chi connectivity index (χ1) is 6.77. The molecule has 0 radical (unpaired) electrons. The van der Waals surface area contributed by atoms with Crippen LogP contribution in [0.1, 0.15) is 5.69 Å². The minimum Gasteiger partial charge on any atom is -0.469 e. The third kappa shape index (κ3) is 2.81. The fourth-order valence-corrected chi connectivity index (χ4v) is 1.20. The van der Waals surface area contributed by atoms with Gasteiger partial charge in [0, 0.05) is 24.9 Å². The molecule has 76 valence electrons. The van der Waals surface area contributed by atoms with Crippen LogP contribution in [-0.2, 0) is 16.0 Å². The lowest BCUT2D eigenvalue weighted by Gasteiger charge is -2.10. The number of hydrogen-bond donors (Lipinski definition) is 1. The highest BCUT2D eigenvalue weighted by Gasteiger charge is 2.17. The van der Waals surface area contributed by atoms with Gasteiger partial charge in [0.15, 0.2) is 0 Å². The second-order valence-corrected chi connectivity index (χ2v) is 2.98. The highest BCUT2D eigenvalue weighted by atomic mass is 16.5. The van der Waals surface area contributed by atoms with E-state index in [1.807, 2.05) is 18.2 Å². The lowest BCUT2D eigenvalue weighted by molar-refractivity contribution is -0.145. The van der Waals surface area contributed by atoms with Crippen molar-refractivity contribution in [1.29, 1.82) is 0 Å². The van der Waals surface area contributed by atoms with Crippen molar-refractivity contribution >= 4 is 5.97 Å². The Morgan fingerprint density at radius 2 is 2.43 bits per heavy atom. The van der Waals surface area contributed by atoms with E-state index in [0.717, 1.165) is 5.69 Å². The smallest absolute Gasteiger partial charge is 0.310 e. The van der Waals surface area contributed by atoms with Gasteiger partial charge in [-0.15, -0.1) is 0 Å². The van der Waals surface area contributed by atoms with Gasteiger partial charge in [0.05, 0.1) is 13.0 Å². The molecule has 4 heteroatoms. The first-order valence-corrected chi connectivity index (χ1v) is 4.45. The molecule has 0 spiro atoms. The maximum Gasteiger partial charge on any atom is 0.310 e. The molecule has 1 aromatic heterocycles. The van der Waals surface area contributed by atoms with Crippen LogP contribution in [0, 0.1) is 5.92 Å². The van der Waals surface area contributed by atoms with Gasteiger partial charge in [0.1, 0.15) is 0 Å². The van der Waals surface area contributed by atoms with Gasteiger partial charge in [-0.1, -0.05) is 6.07 Å². The molecule has 0 amide bonds. The fraction of sp³-hybridized carbons (Fsp3) is 0.400. The summed E-state index contributed by atoms with van der Waals surface area (Å²) >= 11 is 0. The third-order valence-corrected chi connectivity index (χ3v) is 2.00. The Morgan fingerprint density at radius 3 is 2.93 bits per heavy atom. The van der Waals surface area contributed by atoms with Gasteiger partial charge in [0.2, 0.25) is 0 Å². The highest BCUT2D eigenvalue weighted by Crippen LogP contribution is 2.06. The molecule has 0 aliphatic carbocycles. The first-order valence-electron chi connectivity index (χ1n) is 4.45. The summed E-state index contributed by atoms with van der Waals surface area (Å²) in [6.45, 7) is 0.281. The quantitative estimate of drug-likeness (QED) is 0.703. The number of ether oxygens (including phenoxy) is 1. The minimum absolute atomic E-state index is 0.279. The maximum absolute atomic E-state index is 11.2. The molecule has 0 aliphatic heterocycles. The van der Waals surface area contributed by atoms with Crippen LogP contribution >= 0.6 is 0 Å². The van der Waals surface area contributed by atoms with E-state index in [2.05, 4.69) is 9.72 Å². The summed E-state index contributed by atoms with van der Waals surface area (Å²) in [5.41, 5.74) is 6.32. The molecule has 0 saturated heterocycles. The zero-order valence-electron chi connectivity index (χ0n) is 8.14. The molecule has 0 bridgehead atoms. The molecule has 0 saturated carbocycles. The number of aromatic nitrogens is 1. The van der Waals surface area contributed by atoms with Crippen molar-refractivity contribution in [3.05, 3.63) is 30.1 Å². The molecule has 0 aromatic carbocycles. The average Bonchev–Trinajstić information content (AvgIpc) is 2.26. The Labute approximate surface area is 83.1 Å². The van der Waals surface area contributed by atoms with Gasteiger partial charge in [-0.05, 0) is 12.1 Å². The van der Waals surface area contributed by atoms with Crippen LogP contribution in [0.15, 0.2) is 24.4 Å². The number of hydrogen-bond acceptors (Lipinski definition) is 4. The number of nitrogens with zero attached hydrogens (tertiary/aromatic N) is 1. The molecule has 14 heavy (non-hydrogen) atoms. The molecule has 0 aliphatic rings. The van der Waals surface area contributed by atoms with E-state index in [-0.39, 0.29) is 18.4 Å². The van der Waals surface area contributed by atoms with E-state index in [9.17, 15) is 4.79 Å². The van der Waals surface area contributed by atoms with Crippen LogP contribution in [0.3, 0.4) is 0 Å². The molecule has 0 fully saturated rings. The predicted octanol–water partition coefficient (Wildman–Crippen LogP) is 0.372. The van der Waals surface area contributed by atoms with Crippen molar-refractivity contribution in [1.82, 2.24) is 4.98 Å². The van der Waals surface area contributed by atoms with Crippen molar-refractivity contribution in [2.45, 2.75) is 6.42 Å². The van der Waals surface area contributed by atoms with Crippen molar-refractivity contribution in [3.8, 4) is 0 Å². The molecule has 4 nitrogen and oxygen atoms in total. The fourth-order valence-electron chi connectivity index (χ4n) is 1.20. The number of methoxy groups -OCH3 is 1. The van der Waals surface area contributed by atoms with Crippen molar-refractivity contribution in [2.75, 3.05) is 13.7 Å². The first kappa shape index (κ1) is 10.7. The van der Waals surface area contributed by atoms with E-state index < -0.39 is 0 Å². The molecule has 1 unspecified atom stereocenters. The minimum atomic E-state index is -0.296. The third-order valence-electron chi connectivity index (χ3n) is 2.00. The zero-order valence-corrected chi connectivity index (χ0v) is 8.14. The number of carbonyl (C=O) groups is 1. The molecular formula is C10H14N2O2. The lowest BCUT2D eigenvalue weighted by atomic mass is 10.0. The van der Waals surface area contributed by atoms with Crippen molar-refractivity contribution in [2.24, 2.45) is 11.7 Å². The Kier molecular flexibility index (Phi) is 4.07. The van der Waals surface area contributed by atoms with E-state index in [1.54, 1.807) is 6.20 Å². The van der Waals surface area contributed by atoms with Crippen LogP contribution in [0.2, 0.25) is 0 Å². The Balaban J connectivity index is 2.62. The molecule has 1 rings (SSSR count). The standard InChI is InChI=1S/C10H14N2O2/c1-14-10(13)8(7-11)6-9-4-2-3-5-12-9/h2-5,8H,6-7,11H2,1H3.